The summed E-state index contributed by atoms with van der Waals surface area (Å²) in [6.45, 7) is 4.71. The number of hydrogen-bond donors (Lipinski definition) is 0. The van der Waals surface area contributed by atoms with Gasteiger partial charge in [0, 0.05) is 5.41 Å². The topological polar surface area (TPSA) is 0 Å². The predicted octanol–water partition coefficient (Wildman–Crippen LogP) is 11.4. The summed E-state index contributed by atoms with van der Waals surface area (Å²) < 4.78 is 0. The highest BCUT2D eigenvalue weighted by atomic mass is 14.4. The highest BCUT2D eigenvalue weighted by Crippen LogP contribution is 2.48. The van der Waals surface area contributed by atoms with Gasteiger partial charge in [-0.1, -0.05) is 159 Å². The van der Waals surface area contributed by atoms with Crippen molar-refractivity contribution in [1.29, 1.82) is 0 Å². The summed E-state index contributed by atoms with van der Waals surface area (Å²) in [6, 6.07) is 53.9. The molecule has 9 rings (SSSR count). The van der Waals surface area contributed by atoms with Crippen molar-refractivity contribution in [2.24, 2.45) is 0 Å². The first-order chi connectivity index (χ1) is 20.1. The van der Waals surface area contributed by atoms with Crippen molar-refractivity contribution < 1.29 is 0 Å². The second kappa shape index (κ2) is 9.04. The zero-order valence-electron chi connectivity index (χ0n) is 23.4. The molecule has 0 saturated heterocycles. The van der Waals surface area contributed by atoms with Gasteiger partial charge in [-0.2, -0.15) is 0 Å². The monoisotopic (exact) mass is 522 g/mol. The van der Waals surface area contributed by atoms with Crippen molar-refractivity contribution in [3.05, 3.63) is 157 Å². The summed E-state index contributed by atoms with van der Waals surface area (Å²) >= 11 is 0. The Hall–Kier alpha value is -4.94. The minimum absolute atomic E-state index is 0.0988. The Labute approximate surface area is 240 Å². The Morgan fingerprint density at radius 2 is 0.683 bits per heavy atom. The standard InChI is InChI=1S/C41H30/c1-41(2)37-22-12-11-17-31(37)32-25-23-27-13-3-5-15-29(27)39-33-18-7-9-20-35(33)40(36-21-10-8-19-34(36)39)30-16-6-4-14-28(30)24-26-38(32)41/h3-26H,1-2H3. The third kappa shape index (κ3) is 3.54. The van der Waals surface area contributed by atoms with Gasteiger partial charge in [0.1, 0.15) is 0 Å². The highest BCUT2D eigenvalue weighted by molar-refractivity contribution is 6.34. The van der Waals surface area contributed by atoms with Crippen LogP contribution < -0.4 is 0 Å². The minimum Gasteiger partial charge on any atom is -0.0619 e. The van der Waals surface area contributed by atoms with Crippen LogP contribution in [0, 0.1) is 0 Å². The Balaban J connectivity index is 1.73. The first kappa shape index (κ1) is 23.9. The van der Waals surface area contributed by atoms with Crippen LogP contribution in [-0.2, 0) is 5.41 Å². The summed E-state index contributed by atoms with van der Waals surface area (Å²) in [5.74, 6) is 0. The molecule has 0 heterocycles. The third-order valence-corrected chi connectivity index (χ3v) is 9.10. The zero-order chi connectivity index (χ0) is 27.6. The van der Waals surface area contributed by atoms with E-state index in [9.17, 15) is 0 Å². The van der Waals surface area contributed by atoms with E-state index in [2.05, 4.69) is 159 Å². The number of benzene rings is 6. The van der Waals surface area contributed by atoms with Gasteiger partial charge in [0.15, 0.2) is 0 Å². The van der Waals surface area contributed by atoms with Crippen molar-refractivity contribution in [2.75, 3.05) is 0 Å². The second-order valence-electron chi connectivity index (χ2n) is 11.7. The van der Waals surface area contributed by atoms with Crippen LogP contribution >= 0.6 is 0 Å². The van der Waals surface area contributed by atoms with Crippen LogP contribution in [0.15, 0.2) is 146 Å². The molecule has 41 heavy (non-hydrogen) atoms. The molecule has 1 aliphatic rings. The fourth-order valence-electron chi connectivity index (χ4n) is 7.16. The first-order valence-corrected chi connectivity index (χ1v) is 14.5. The van der Waals surface area contributed by atoms with Crippen LogP contribution in [0.1, 0.15) is 25.0 Å². The maximum atomic E-state index is 2.37. The van der Waals surface area contributed by atoms with Gasteiger partial charge in [0.05, 0.1) is 0 Å². The van der Waals surface area contributed by atoms with Crippen molar-refractivity contribution in [1.82, 2.24) is 0 Å². The van der Waals surface area contributed by atoms with E-state index < -0.39 is 0 Å². The molecule has 0 nitrogen and oxygen atoms in total. The molecule has 194 valence electrons. The molecule has 0 heteroatoms. The molecule has 8 aromatic rings. The van der Waals surface area contributed by atoms with Gasteiger partial charge in [0.2, 0.25) is 0 Å². The summed E-state index contributed by atoms with van der Waals surface area (Å²) in [4.78, 5) is 0. The van der Waals surface area contributed by atoms with Gasteiger partial charge in [-0.25, -0.2) is 0 Å². The molecule has 0 atom stereocenters. The lowest BCUT2D eigenvalue weighted by Gasteiger charge is -2.20. The summed E-state index contributed by atoms with van der Waals surface area (Å²) in [5.41, 5.74) is 5.26. The van der Waals surface area contributed by atoms with Crippen molar-refractivity contribution >= 4 is 53.9 Å². The Bertz CT molecular complexity index is 2220. The summed E-state index contributed by atoms with van der Waals surface area (Å²) in [5, 5.41) is 12.7. The molecular weight excluding hydrogens is 492 g/mol. The highest BCUT2D eigenvalue weighted by Gasteiger charge is 2.34. The largest absolute Gasteiger partial charge is 0.0619 e. The lowest BCUT2D eigenvalue weighted by Crippen LogP contribution is -2.14. The Kier molecular flexibility index (Phi) is 5.27. The van der Waals surface area contributed by atoms with Crippen molar-refractivity contribution in [3.63, 3.8) is 0 Å². The van der Waals surface area contributed by atoms with Crippen molar-refractivity contribution in [3.8, 4) is 11.1 Å². The average Bonchev–Trinajstić information content (AvgIpc) is 3.23. The fraction of sp³-hybridized carbons (Fsp3) is 0.0732. The Morgan fingerprint density at radius 3 is 1.22 bits per heavy atom. The minimum atomic E-state index is -0.0988. The molecule has 0 amide bonds. The van der Waals surface area contributed by atoms with E-state index in [4.69, 9.17) is 0 Å². The number of rotatable bonds is 0. The normalized spacial score (nSPS) is 13.3. The average molecular weight is 523 g/mol. The smallest absolute Gasteiger partial charge is 0.0158 e. The molecule has 1 aliphatic carbocycles. The van der Waals surface area contributed by atoms with Crippen LogP contribution in [-0.4, -0.2) is 0 Å². The zero-order valence-corrected chi connectivity index (χ0v) is 23.4. The first-order valence-electron chi connectivity index (χ1n) is 14.5. The van der Waals surface area contributed by atoms with Crippen molar-refractivity contribution in [2.45, 2.75) is 19.3 Å². The molecule has 0 aliphatic heterocycles. The van der Waals surface area contributed by atoms with Gasteiger partial charge in [0.25, 0.3) is 0 Å². The SMILES string of the molecule is CC1(C)c2ccccc2-c2ccc3ccccc3c3c4ccccc4c(c4ccccc4ccc21)c1ccccc13. The molecule has 0 unspecified atom stereocenters. The molecule has 0 radical (unpaired) electrons. The maximum absolute atomic E-state index is 2.37. The lowest BCUT2D eigenvalue weighted by atomic mass is 9.83. The Morgan fingerprint density at radius 1 is 0.317 bits per heavy atom. The molecule has 2 bridgehead atoms. The van der Waals surface area contributed by atoms with Crippen LogP contribution in [0.25, 0.3) is 65.0 Å². The molecular formula is C41H30. The molecule has 0 aromatic heterocycles. The quantitative estimate of drug-likeness (QED) is 0.174. The van der Waals surface area contributed by atoms with Crippen LogP contribution in [0.5, 0.6) is 0 Å². The van der Waals surface area contributed by atoms with Gasteiger partial charge >= 0.3 is 0 Å². The van der Waals surface area contributed by atoms with E-state index in [0.717, 1.165) is 0 Å². The van der Waals surface area contributed by atoms with Gasteiger partial charge in [-0.15, -0.1) is 0 Å². The summed E-state index contributed by atoms with van der Waals surface area (Å²) in [7, 11) is 0. The molecule has 0 fully saturated rings. The predicted molar refractivity (Wildman–Crippen MR) is 178 cm³/mol. The number of fused-ring (bicyclic) bond motifs is 3. The maximum Gasteiger partial charge on any atom is 0.0158 e. The molecule has 0 N–H and O–H groups in total. The van der Waals surface area contributed by atoms with E-state index in [-0.39, 0.29) is 5.41 Å². The number of hydrogen-bond acceptors (Lipinski definition) is 0. The third-order valence-electron chi connectivity index (χ3n) is 9.10. The summed E-state index contributed by atoms with van der Waals surface area (Å²) in [6.07, 6.45) is 0. The fourth-order valence-corrected chi connectivity index (χ4v) is 7.16. The van der Waals surface area contributed by atoms with E-state index in [0.29, 0.717) is 0 Å². The lowest BCUT2D eigenvalue weighted by molar-refractivity contribution is 0.661. The van der Waals surface area contributed by atoms with Crippen LogP contribution in [0.2, 0.25) is 0 Å². The van der Waals surface area contributed by atoms with E-state index in [1.165, 1.54) is 76.1 Å². The van der Waals surface area contributed by atoms with E-state index >= 15 is 0 Å². The molecule has 0 saturated carbocycles. The second-order valence-corrected chi connectivity index (χ2v) is 11.7. The van der Waals surface area contributed by atoms with E-state index in [1.807, 2.05) is 0 Å². The molecule has 0 spiro atoms. The van der Waals surface area contributed by atoms with Crippen LogP contribution in [0.3, 0.4) is 0 Å². The van der Waals surface area contributed by atoms with Gasteiger partial charge in [-0.3, -0.25) is 0 Å². The molecule has 8 aromatic carbocycles. The van der Waals surface area contributed by atoms with Crippen LogP contribution in [0.4, 0.5) is 0 Å². The van der Waals surface area contributed by atoms with E-state index in [1.54, 1.807) is 0 Å². The van der Waals surface area contributed by atoms with Gasteiger partial charge < -0.3 is 0 Å². The van der Waals surface area contributed by atoms with Gasteiger partial charge in [-0.05, 0) is 76.1 Å².